The average Bonchev–Trinajstić information content (AvgIpc) is 3.05. The smallest absolute Gasteiger partial charge is 0.287 e. The molecule has 2 heterocycles. The van der Waals surface area contributed by atoms with E-state index >= 15 is 0 Å². The first-order valence-electron chi connectivity index (χ1n) is 8.99. The van der Waals surface area contributed by atoms with Crippen LogP contribution in [0.3, 0.4) is 0 Å². The zero-order valence-corrected chi connectivity index (χ0v) is 14.0. The van der Waals surface area contributed by atoms with Gasteiger partial charge in [-0.2, -0.15) is 0 Å². The number of aliphatic hydroxyl groups excluding tert-OH is 1. The van der Waals surface area contributed by atoms with Crippen molar-refractivity contribution < 1.29 is 14.3 Å². The Balaban J connectivity index is 1.48. The van der Waals surface area contributed by atoms with E-state index in [0.717, 1.165) is 57.4 Å². The quantitative estimate of drug-likeness (QED) is 0.894. The first-order valence-corrected chi connectivity index (χ1v) is 8.99. The number of carbonyl (C=O) groups excluding carboxylic acids is 1. The van der Waals surface area contributed by atoms with Crippen LogP contribution in [-0.2, 0) is 6.42 Å². The van der Waals surface area contributed by atoms with Crippen LogP contribution in [0, 0.1) is 0 Å². The van der Waals surface area contributed by atoms with Crippen molar-refractivity contribution >= 4 is 5.91 Å². The van der Waals surface area contributed by atoms with E-state index < -0.39 is 0 Å². The van der Waals surface area contributed by atoms with Gasteiger partial charge in [0, 0.05) is 31.6 Å². The SMILES string of the molecule is CCc1ccc(C(=O)NC2CCN(C3CCCCC3O)CC2)o1. The topological polar surface area (TPSA) is 65.7 Å². The van der Waals surface area contributed by atoms with Crippen LogP contribution < -0.4 is 5.32 Å². The van der Waals surface area contributed by atoms with Crippen molar-refractivity contribution in [1.29, 1.82) is 0 Å². The summed E-state index contributed by atoms with van der Waals surface area (Å²) in [6.45, 7) is 3.91. The number of hydrogen-bond donors (Lipinski definition) is 2. The van der Waals surface area contributed by atoms with E-state index in [2.05, 4.69) is 10.2 Å². The van der Waals surface area contributed by atoms with E-state index in [1.165, 1.54) is 6.42 Å². The molecule has 2 aliphatic rings. The molecule has 1 aliphatic carbocycles. The molecule has 2 atom stereocenters. The number of aliphatic hydroxyl groups is 1. The highest BCUT2D eigenvalue weighted by Crippen LogP contribution is 2.26. The summed E-state index contributed by atoms with van der Waals surface area (Å²) in [4.78, 5) is 14.6. The molecule has 3 rings (SSSR count). The van der Waals surface area contributed by atoms with E-state index in [1.807, 2.05) is 13.0 Å². The fourth-order valence-electron chi connectivity index (χ4n) is 3.84. The van der Waals surface area contributed by atoms with Crippen molar-refractivity contribution in [1.82, 2.24) is 10.2 Å². The molecule has 23 heavy (non-hydrogen) atoms. The molecule has 0 aromatic carbocycles. The van der Waals surface area contributed by atoms with Gasteiger partial charge in [-0.1, -0.05) is 19.8 Å². The summed E-state index contributed by atoms with van der Waals surface area (Å²) in [5.74, 6) is 1.14. The monoisotopic (exact) mass is 320 g/mol. The summed E-state index contributed by atoms with van der Waals surface area (Å²) in [5, 5.41) is 13.3. The lowest BCUT2D eigenvalue weighted by Crippen LogP contribution is -2.52. The van der Waals surface area contributed by atoms with E-state index in [-0.39, 0.29) is 18.1 Å². The molecule has 2 N–H and O–H groups in total. The molecule has 5 heteroatoms. The minimum atomic E-state index is -0.175. The Morgan fingerprint density at radius 1 is 1.26 bits per heavy atom. The third-order valence-corrected chi connectivity index (χ3v) is 5.26. The van der Waals surface area contributed by atoms with E-state index in [4.69, 9.17) is 4.42 Å². The van der Waals surface area contributed by atoms with Crippen molar-refractivity contribution in [2.75, 3.05) is 13.1 Å². The number of nitrogens with zero attached hydrogens (tertiary/aromatic N) is 1. The number of rotatable bonds is 4. The summed E-state index contributed by atoms with van der Waals surface area (Å²) in [6, 6.07) is 4.14. The second kappa shape index (κ2) is 7.49. The standard InChI is InChI=1S/C18H28N2O3/c1-2-14-7-8-17(23-14)18(22)19-13-9-11-20(12-10-13)15-5-3-4-6-16(15)21/h7-8,13,15-16,21H,2-6,9-12H2,1H3,(H,19,22). The van der Waals surface area contributed by atoms with E-state index in [1.54, 1.807) is 6.07 Å². The fraction of sp³-hybridized carbons (Fsp3) is 0.722. The lowest BCUT2D eigenvalue weighted by molar-refractivity contribution is 0.00721. The molecule has 5 nitrogen and oxygen atoms in total. The second-order valence-corrected chi connectivity index (χ2v) is 6.82. The molecule has 1 saturated carbocycles. The molecule has 1 aromatic heterocycles. The van der Waals surface area contributed by atoms with Crippen LogP contribution in [0.25, 0.3) is 0 Å². The molecule has 2 fully saturated rings. The van der Waals surface area contributed by atoms with Gasteiger partial charge in [0.05, 0.1) is 6.10 Å². The van der Waals surface area contributed by atoms with Gasteiger partial charge < -0.3 is 14.8 Å². The first kappa shape index (κ1) is 16.5. The zero-order valence-electron chi connectivity index (χ0n) is 14.0. The summed E-state index contributed by atoms with van der Waals surface area (Å²) in [6.07, 6.45) is 6.90. The lowest BCUT2D eigenvalue weighted by Gasteiger charge is -2.41. The maximum Gasteiger partial charge on any atom is 0.287 e. The average molecular weight is 320 g/mol. The number of furan rings is 1. The van der Waals surface area contributed by atoms with Gasteiger partial charge in [0.1, 0.15) is 5.76 Å². The van der Waals surface area contributed by atoms with Crippen LogP contribution in [0.2, 0.25) is 0 Å². The number of aryl methyl sites for hydroxylation is 1. The van der Waals surface area contributed by atoms with Crippen LogP contribution in [0.1, 0.15) is 61.8 Å². The number of likely N-dealkylation sites (tertiary alicyclic amines) is 1. The highest BCUT2D eigenvalue weighted by atomic mass is 16.3. The van der Waals surface area contributed by atoms with Gasteiger partial charge in [-0.15, -0.1) is 0 Å². The molecule has 128 valence electrons. The van der Waals surface area contributed by atoms with Crippen molar-refractivity contribution in [3.8, 4) is 0 Å². The molecule has 1 aliphatic heterocycles. The van der Waals surface area contributed by atoms with E-state index in [9.17, 15) is 9.90 Å². The normalized spacial score (nSPS) is 27.0. The molecule has 0 spiro atoms. The lowest BCUT2D eigenvalue weighted by atomic mass is 9.89. The van der Waals surface area contributed by atoms with Crippen LogP contribution >= 0.6 is 0 Å². The van der Waals surface area contributed by atoms with Gasteiger partial charge in [0.15, 0.2) is 5.76 Å². The number of amides is 1. The third kappa shape index (κ3) is 3.96. The molecule has 1 aromatic rings. The van der Waals surface area contributed by atoms with Gasteiger partial charge in [-0.3, -0.25) is 9.69 Å². The van der Waals surface area contributed by atoms with E-state index in [0.29, 0.717) is 11.8 Å². The van der Waals surface area contributed by atoms with Gasteiger partial charge in [0.25, 0.3) is 5.91 Å². The minimum absolute atomic E-state index is 0.110. The van der Waals surface area contributed by atoms with Crippen molar-refractivity contribution in [2.24, 2.45) is 0 Å². The Morgan fingerprint density at radius 3 is 2.65 bits per heavy atom. The molecule has 1 saturated heterocycles. The third-order valence-electron chi connectivity index (χ3n) is 5.26. The molecule has 0 radical (unpaired) electrons. The Labute approximate surface area is 138 Å². The number of nitrogens with one attached hydrogen (secondary N) is 1. The second-order valence-electron chi connectivity index (χ2n) is 6.82. The maximum absolute atomic E-state index is 12.2. The summed E-state index contributed by atoms with van der Waals surface area (Å²) in [7, 11) is 0. The van der Waals surface area contributed by atoms with Crippen LogP contribution in [-0.4, -0.2) is 47.2 Å². The van der Waals surface area contributed by atoms with Gasteiger partial charge in [0.2, 0.25) is 0 Å². The largest absolute Gasteiger partial charge is 0.456 e. The molecular formula is C18H28N2O3. The Kier molecular flexibility index (Phi) is 5.38. The highest BCUT2D eigenvalue weighted by molar-refractivity contribution is 5.91. The summed E-state index contributed by atoms with van der Waals surface area (Å²) in [5.41, 5.74) is 0. The summed E-state index contributed by atoms with van der Waals surface area (Å²) >= 11 is 0. The number of hydrogen-bond acceptors (Lipinski definition) is 4. The first-order chi connectivity index (χ1) is 11.2. The molecule has 2 unspecified atom stereocenters. The van der Waals surface area contributed by atoms with Crippen LogP contribution in [0.4, 0.5) is 0 Å². The highest BCUT2D eigenvalue weighted by Gasteiger charge is 2.31. The van der Waals surface area contributed by atoms with Crippen molar-refractivity contribution in [3.63, 3.8) is 0 Å². The number of carbonyl (C=O) groups is 1. The number of piperidine rings is 1. The van der Waals surface area contributed by atoms with Gasteiger partial charge >= 0.3 is 0 Å². The molecule has 0 bridgehead atoms. The molecule has 1 amide bonds. The summed E-state index contributed by atoms with van der Waals surface area (Å²) < 4.78 is 5.51. The zero-order chi connectivity index (χ0) is 16.2. The Morgan fingerprint density at radius 2 is 2.00 bits per heavy atom. The predicted octanol–water partition coefficient (Wildman–Crippen LogP) is 2.34. The predicted molar refractivity (Wildman–Crippen MR) is 88.4 cm³/mol. The maximum atomic E-state index is 12.2. The van der Waals surface area contributed by atoms with Gasteiger partial charge in [-0.25, -0.2) is 0 Å². The van der Waals surface area contributed by atoms with Crippen molar-refractivity contribution in [2.45, 2.75) is 70.1 Å². The van der Waals surface area contributed by atoms with Gasteiger partial charge in [-0.05, 0) is 37.8 Å². The van der Waals surface area contributed by atoms with Crippen LogP contribution in [0.5, 0.6) is 0 Å². The van der Waals surface area contributed by atoms with Crippen molar-refractivity contribution in [3.05, 3.63) is 23.7 Å². The minimum Gasteiger partial charge on any atom is -0.456 e. The Hall–Kier alpha value is -1.33. The Bertz CT molecular complexity index is 520. The van der Waals surface area contributed by atoms with Crippen LogP contribution in [0.15, 0.2) is 16.5 Å². The molecular weight excluding hydrogens is 292 g/mol. The fourth-order valence-corrected chi connectivity index (χ4v) is 3.84.